The number of urea groups is 1. The van der Waals surface area contributed by atoms with Crippen molar-refractivity contribution in [2.24, 2.45) is 0 Å². The zero-order valence-electron chi connectivity index (χ0n) is 12.1. The second kappa shape index (κ2) is 4.87. The highest BCUT2D eigenvalue weighted by Crippen LogP contribution is 2.32. The molecule has 1 atom stereocenters. The van der Waals surface area contributed by atoms with Gasteiger partial charge in [-0.15, -0.1) is 0 Å². The van der Waals surface area contributed by atoms with Gasteiger partial charge in [0.2, 0.25) is 5.91 Å². The van der Waals surface area contributed by atoms with Crippen LogP contribution in [0.15, 0.2) is 24.3 Å². The Hall–Kier alpha value is -2.37. The van der Waals surface area contributed by atoms with E-state index in [1.807, 2.05) is 31.2 Å². The van der Waals surface area contributed by atoms with E-state index in [4.69, 9.17) is 0 Å². The number of rotatable bonds is 2. The molecule has 0 aliphatic carbocycles. The molecule has 1 fully saturated rings. The Labute approximate surface area is 122 Å². The van der Waals surface area contributed by atoms with Crippen molar-refractivity contribution in [1.29, 1.82) is 0 Å². The number of nitrogens with zero attached hydrogens (tertiary/aromatic N) is 3. The number of benzene rings is 1. The molecule has 0 spiro atoms. The summed E-state index contributed by atoms with van der Waals surface area (Å²) in [4.78, 5) is 40.2. The molecule has 6 heteroatoms. The average molecular weight is 287 g/mol. The number of hydrogen-bond donors (Lipinski definition) is 0. The molecule has 0 N–H and O–H groups in total. The van der Waals surface area contributed by atoms with Gasteiger partial charge in [0.05, 0.1) is 0 Å². The topological polar surface area (TPSA) is 60.9 Å². The van der Waals surface area contributed by atoms with Crippen molar-refractivity contribution < 1.29 is 14.4 Å². The summed E-state index contributed by atoms with van der Waals surface area (Å²) >= 11 is 0. The number of hydrogen-bond acceptors (Lipinski definition) is 3. The predicted molar refractivity (Wildman–Crippen MR) is 76.8 cm³/mol. The molecule has 6 nitrogen and oxygen atoms in total. The Balaban J connectivity index is 1.80. The van der Waals surface area contributed by atoms with Gasteiger partial charge in [-0.3, -0.25) is 14.5 Å². The smallest absolute Gasteiger partial charge is 0.318 e. The van der Waals surface area contributed by atoms with E-state index in [0.717, 1.165) is 22.6 Å². The lowest BCUT2D eigenvalue weighted by Crippen LogP contribution is -2.45. The minimum atomic E-state index is -0.409. The molecule has 21 heavy (non-hydrogen) atoms. The monoisotopic (exact) mass is 287 g/mol. The Kier molecular flexibility index (Phi) is 3.16. The largest absolute Gasteiger partial charge is 0.327 e. The summed E-state index contributed by atoms with van der Waals surface area (Å²) in [5, 5.41) is 0. The Morgan fingerprint density at radius 2 is 2.00 bits per heavy atom. The van der Waals surface area contributed by atoms with Crippen LogP contribution >= 0.6 is 0 Å². The van der Waals surface area contributed by atoms with Gasteiger partial charge in [-0.1, -0.05) is 18.2 Å². The third-order valence-electron chi connectivity index (χ3n) is 4.00. The molecule has 4 amide bonds. The number of fused-ring (bicyclic) bond motifs is 1. The first-order valence-electron chi connectivity index (χ1n) is 6.94. The number of likely N-dealkylation sites (N-methyl/N-ethyl adjacent to an activating group) is 1. The lowest BCUT2D eigenvalue weighted by molar-refractivity contribution is -0.129. The zero-order valence-corrected chi connectivity index (χ0v) is 12.1. The van der Waals surface area contributed by atoms with Crippen molar-refractivity contribution in [3.63, 3.8) is 0 Å². The third kappa shape index (κ3) is 2.16. The molecule has 0 aromatic heterocycles. The van der Waals surface area contributed by atoms with Crippen LogP contribution in [-0.4, -0.2) is 53.8 Å². The minimum Gasteiger partial charge on any atom is -0.318 e. The number of carbonyl (C=O) groups is 3. The number of para-hydroxylation sites is 1. The quantitative estimate of drug-likeness (QED) is 0.758. The van der Waals surface area contributed by atoms with Crippen LogP contribution in [0.1, 0.15) is 12.5 Å². The van der Waals surface area contributed by atoms with E-state index in [1.165, 1.54) is 4.90 Å². The van der Waals surface area contributed by atoms with E-state index < -0.39 is 6.03 Å². The van der Waals surface area contributed by atoms with Crippen LogP contribution in [0.5, 0.6) is 0 Å². The first-order chi connectivity index (χ1) is 9.99. The first kappa shape index (κ1) is 13.6. The lowest BCUT2D eigenvalue weighted by Gasteiger charge is -2.24. The second-order valence-electron chi connectivity index (χ2n) is 5.56. The molecular formula is C15H17N3O3. The number of carbonyl (C=O) groups excluding carboxylic acids is 3. The van der Waals surface area contributed by atoms with Crippen LogP contribution in [-0.2, 0) is 16.0 Å². The highest BCUT2D eigenvalue weighted by atomic mass is 16.2. The highest BCUT2D eigenvalue weighted by Gasteiger charge is 2.38. The average Bonchev–Trinajstić information content (AvgIpc) is 2.89. The van der Waals surface area contributed by atoms with Gasteiger partial charge in [0.1, 0.15) is 13.1 Å². The minimum absolute atomic E-state index is 0.0399. The molecule has 1 unspecified atom stereocenters. The maximum absolute atomic E-state index is 12.5. The van der Waals surface area contributed by atoms with Crippen molar-refractivity contribution in [1.82, 2.24) is 9.80 Å². The van der Waals surface area contributed by atoms with Crippen LogP contribution < -0.4 is 4.90 Å². The van der Waals surface area contributed by atoms with E-state index in [2.05, 4.69) is 0 Å². The van der Waals surface area contributed by atoms with E-state index in [1.54, 1.807) is 11.9 Å². The molecule has 1 aromatic rings. The number of anilines is 1. The summed E-state index contributed by atoms with van der Waals surface area (Å²) < 4.78 is 0. The molecule has 0 saturated carbocycles. The Bertz CT molecular complexity index is 628. The van der Waals surface area contributed by atoms with Gasteiger partial charge in [0, 0.05) is 18.8 Å². The van der Waals surface area contributed by atoms with Crippen molar-refractivity contribution in [3.05, 3.63) is 29.8 Å². The van der Waals surface area contributed by atoms with Gasteiger partial charge in [0.15, 0.2) is 0 Å². The fourth-order valence-corrected chi connectivity index (χ4v) is 2.98. The van der Waals surface area contributed by atoms with Crippen LogP contribution in [0.2, 0.25) is 0 Å². The van der Waals surface area contributed by atoms with Gasteiger partial charge in [-0.05, 0) is 25.0 Å². The summed E-state index contributed by atoms with van der Waals surface area (Å²) in [6.45, 7) is 1.82. The molecule has 1 aromatic carbocycles. The summed E-state index contributed by atoms with van der Waals surface area (Å²) in [6.07, 6.45) is 0.795. The molecule has 0 bridgehead atoms. The summed E-state index contributed by atoms with van der Waals surface area (Å²) in [7, 11) is 1.55. The fraction of sp³-hybridized carbons (Fsp3) is 0.400. The SMILES string of the molecule is CC1Cc2ccccc2N1C(=O)CN1C(=O)CN(C)C1=O. The third-order valence-corrected chi connectivity index (χ3v) is 4.00. The first-order valence-corrected chi connectivity index (χ1v) is 6.94. The molecule has 2 aliphatic rings. The van der Waals surface area contributed by atoms with Crippen LogP contribution in [0, 0.1) is 0 Å². The van der Waals surface area contributed by atoms with Gasteiger partial charge in [0.25, 0.3) is 5.91 Å². The van der Waals surface area contributed by atoms with Crippen molar-refractivity contribution >= 4 is 23.5 Å². The molecule has 0 radical (unpaired) electrons. The summed E-state index contributed by atoms with van der Waals surface area (Å²) in [5.41, 5.74) is 2.00. The summed E-state index contributed by atoms with van der Waals surface area (Å²) in [5.74, 6) is -0.541. The predicted octanol–water partition coefficient (Wildman–Crippen LogP) is 0.858. The van der Waals surface area contributed by atoms with Crippen molar-refractivity contribution in [2.75, 3.05) is 25.0 Å². The molecule has 3 rings (SSSR count). The number of imide groups is 1. The zero-order chi connectivity index (χ0) is 15.1. The highest BCUT2D eigenvalue weighted by molar-refractivity contribution is 6.07. The van der Waals surface area contributed by atoms with E-state index in [9.17, 15) is 14.4 Å². The Morgan fingerprint density at radius 1 is 1.29 bits per heavy atom. The van der Waals surface area contributed by atoms with Crippen LogP contribution in [0.4, 0.5) is 10.5 Å². The molecule has 1 saturated heterocycles. The van der Waals surface area contributed by atoms with Gasteiger partial charge < -0.3 is 9.80 Å². The Morgan fingerprint density at radius 3 is 2.67 bits per heavy atom. The number of amides is 4. The normalized spacial score (nSPS) is 21.2. The lowest BCUT2D eigenvalue weighted by atomic mass is 10.1. The molecule has 2 aliphatic heterocycles. The summed E-state index contributed by atoms with van der Waals surface area (Å²) in [6, 6.07) is 7.36. The molecule has 110 valence electrons. The molecule has 2 heterocycles. The maximum atomic E-state index is 12.5. The van der Waals surface area contributed by atoms with Gasteiger partial charge in [-0.2, -0.15) is 0 Å². The maximum Gasteiger partial charge on any atom is 0.327 e. The molecular weight excluding hydrogens is 270 g/mol. The van der Waals surface area contributed by atoms with E-state index >= 15 is 0 Å². The standard InChI is InChI=1S/C15H17N3O3/c1-10-7-11-5-3-4-6-12(11)18(10)14(20)9-17-13(19)8-16(2)15(17)21/h3-6,10H,7-9H2,1-2H3. The van der Waals surface area contributed by atoms with Crippen molar-refractivity contribution in [3.8, 4) is 0 Å². The van der Waals surface area contributed by atoms with Gasteiger partial charge in [-0.25, -0.2) is 4.79 Å². The van der Waals surface area contributed by atoms with Crippen LogP contribution in [0.25, 0.3) is 0 Å². The van der Waals surface area contributed by atoms with Gasteiger partial charge >= 0.3 is 6.03 Å². The van der Waals surface area contributed by atoms with E-state index in [-0.39, 0.29) is 30.9 Å². The van der Waals surface area contributed by atoms with E-state index in [0.29, 0.717) is 0 Å². The van der Waals surface area contributed by atoms with Crippen molar-refractivity contribution in [2.45, 2.75) is 19.4 Å². The second-order valence-corrected chi connectivity index (χ2v) is 5.56. The van der Waals surface area contributed by atoms with Crippen LogP contribution in [0.3, 0.4) is 0 Å². The fourth-order valence-electron chi connectivity index (χ4n) is 2.98.